The summed E-state index contributed by atoms with van der Waals surface area (Å²) in [7, 11) is 0. The van der Waals surface area contributed by atoms with E-state index in [4.69, 9.17) is 17.3 Å². The molecule has 0 heterocycles. The lowest BCUT2D eigenvalue weighted by Gasteiger charge is -2.23. The van der Waals surface area contributed by atoms with Gasteiger partial charge in [-0.3, -0.25) is 0 Å². The van der Waals surface area contributed by atoms with Crippen LogP contribution in [0.2, 0.25) is 5.02 Å². The molecule has 0 saturated carbocycles. The molecule has 2 N–H and O–H groups in total. The molecule has 2 atom stereocenters. The second-order valence-electron chi connectivity index (χ2n) is 4.71. The van der Waals surface area contributed by atoms with Gasteiger partial charge in [-0.1, -0.05) is 38.4 Å². The van der Waals surface area contributed by atoms with Crippen molar-refractivity contribution in [3.05, 3.63) is 34.6 Å². The highest BCUT2D eigenvalue weighted by atomic mass is 35.5. The van der Waals surface area contributed by atoms with E-state index in [0.717, 1.165) is 5.56 Å². The summed E-state index contributed by atoms with van der Waals surface area (Å²) in [4.78, 5) is 0. The lowest BCUT2D eigenvalue weighted by Crippen LogP contribution is -2.33. The van der Waals surface area contributed by atoms with Crippen LogP contribution < -0.4 is 5.73 Å². The Hall–Kier alpha value is -0.600. The summed E-state index contributed by atoms with van der Waals surface area (Å²) >= 11 is 5.96. The zero-order chi connectivity index (χ0) is 12.3. The highest BCUT2D eigenvalue weighted by Gasteiger charge is 2.17. The maximum atomic E-state index is 12.9. The first kappa shape index (κ1) is 13.5. The zero-order valence-corrected chi connectivity index (χ0v) is 10.8. The maximum absolute atomic E-state index is 12.9. The van der Waals surface area contributed by atoms with Crippen molar-refractivity contribution in [1.82, 2.24) is 0 Å². The van der Waals surface area contributed by atoms with Crippen LogP contribution in [-0.4, -0.2) is 6.04 Å². The SMILES string of the molecule is CC(C)C(C)C(N)Cc1ccc(F)cc1Cl. The van der Waals surface area contributed by atoms with Gasteiger partial charge < -0.3 is 5.73 Å². The van der Waals surface area contributed by atoms with E-state index < -0.39 is 0 Å². The van der Waals surface area contributed by atoms with E-state index >= 15 is 0 Å². The van der Waals surface area contributed by atoms with Gasteiger partial charge in [-0.05, 0) is 36.0 Å². The van der Waals surface area contributed by atoms with Gasteiger partial charge in [0.2, 0.25) is 0 Å². The Morgan fingerprint density at radius 3 is 2.44 bits per heavy atom. The first-order chi connectivity index (χ1) is 7.41. The van der Waals surface area contributed by atoms with Crippen molar-refractivity contribution in [3.63, 3.8) is 0 Å². The van der Waals surface area contributed by atoms with Crippen molar-refractivity contribution in [3.8, 4) is 0 Å². The average Bonchev–Trinajstić information content (AvgIpc) is 2.20. The van der Waals surface area contributed by atoms with Crippen LogP contribution >= 0.6 is 11.6 Å². The average molecular weight is 244 g/mol. The number of halogens is 2. The Bertz CT molecular complexity index is 352. The van der Waals surface area contributed by atoms with Crippen molar-refractivity contribution in [1.29, 1.82) is 0 Å². The summed E-state index contributed by atoms with van der Waals surface area (Å²) in [6, 6.07) is 4.53. The summed E-state index contributed by atoms with van der Waals surface area (Å²) in [5.41, 5.74) is 7.02. The predicted octanol–water partition coefficient (Wildman–Crippen LogP) is 3.64. The van der Waals surface area contributed by atoms with Gasteiger partial charge in [0.1, 0.15) is 5.82 Å². The quantitative estimate of drug-likeness (QED) is 0.859. The van der Waals surface area contributed by atoms with Crippen molar-refractivity contribution >= 4 is 11.6 Å². The van der Waals surface area contributed by atoms with Crippen LogP contribution in [0.3, 0.4) is 0 Å². The largest absolute Gasteiger partial charge is 0.327 e. The summed E-state index contributed by atoms with van der Waals surface area (Å²) in [5, 5.41) is 0.464. The second kappa shape index (κ2) is 5.65. The molecule has 1 aromatic rings. The molecule has 1 nitrogen and oxygen atoms in total. The predicted molar refractivity (Wildman–Crippen MR) is 67.1 cm³/mol. The fourth-order valence-electron chi connectivity index (χ4n) is 1.62. The van der Waals surface area contributed by atoms with Gasteiger partial charge in [0.15, 0.2) is 0 Å². The van der Waals surface area contributed by atoms with E-state index in [1.807, 2.05) is 0 Å². The first-order valence-electron chi connectivity index (χ1n) is 5.61. The normalized spacial score (nSPS) is 15.2. The molecule has 16 heavy (non-hydrogen) atoms. The maximum Gasteiger partial charge on any atom is 0.124 e. The lowest BCUT2D eigenvalue weighted by atomic mass is 9.87. The fraction of sp³-hybridized carbons (Fsp3) is 0.538. The van der Waals surface area contributed by atoms with Gasteiger partial charge in [-0.25, -0.2) is 4.39 Å². The zero-order valence-electron chi connectivity index (χ0n) is 10.0. The third kappa shape index (κ3) is 3.46. The molecular weight excluding hydrogens is 225 g/mol. The number of hydrogen-bond acceptors (Lipinski definition) is 1. The Kier molecular flexibility index (Phi) is 4.75. The Morgan fingerprint density at radius 2 is 1.94 bits per heavy atom. The molecule has 0 spiro atoms. The van der Waals surface area contributed by atoms with Crippen LogP contribution in [0, 0.1) is 17.7 Å². The summed E-state index contributed by atoms with van der Waals surface area (Å²) in [5.74, 6) is 0.648. The Balaban J connectivity index is 2.73. The van der Waals surface area contributed by atoms with Crippen molar-refractivity contribution in [2.45, 2.75) is 33.2 Å². The number of nitrogens with two attached hydrogens (primary N) is 1. The Morgan fingerprint density at radius 1 is 1.31 bits per heavy atom. The van der Waals surface area contributed by atoms with Crippen LogP contribution in [0.5, 0.6) is 0 Å². The van der Waals surface area contributed by atoms with Crippen LogP contribution in [0.1, 0.15) is 26.3 Å². The van der Waals surface area contributed by atoms with Gasteiger partial charge in [0.05, 0.1) is 0 Å². The Labute approximate surface area is 102 Å². The number of rotatable bonds is 4. The third-order valence-corrected chi connectivity index (χ3v) is 3.55. The second-order valence-corrected chi connectivity index (χ2v) is 5.11. The molecule has 0 amide bonds. The molecule has 0 radical (unpaired) electrons. The lowest BCUT2D eigenvalue weighted by molar-refractivity contribution is 0.344. The molecule has 0 fully saturated rings. The van der Waals surface area contributed by atoms with Gasteiger partial charge in [-0.2, -0.15) is 0 Å². The summed E-state index contributed by atoms with van der Waals surface area (Å²) in [6.07, 6.45) is 0.693. The van der Waals surface area contributed by atoms with E-state index in [9.17, 15) is 4.39 Å². The molecule has 0 aromatic heterocycles. The molecular formula is C13H19ClFN. The van der Waals surface area contributed by atoms with Crippen molar-refractivity contribution < 1.29 is 4.39 Å². The fourth-order valence-corrected chi connectivity index (χ4v) is 1.87. The van der Waals surface area contributed by atoms with Gasteiger partial charge in [0, 0.05) is 11.1 Å². The smallest absolute Gasteiger partial charge is 0.124 e. The molecule has 2 unspecified atom stereocenters. The highest BCUT2D eigenvalue weighted by molar-refractivity contribution is 6.31. The molecule has 0 aliphatic rings. The topological polar surface area (TPSA) is 26.0 Å². The van der Waals surface area contributed by atoms with Gasteiger partial charge in [0.25, 0.3) is 0 Å². The minimum atomic E-state index is -0.306. The minimum absolute atomic E-state index is 0.0583. The molecule has 90 valence electrons. The molecule has 0 saturated heterocycles. The first-order valence-corrected chi connectivity index (χ1v) is 5.99. The van der Waals surface area contributed by atoms with Crippen LogP contribution in [0.15, 0.2) is 18.2 Å². The molecule has 0 aliphatic carbocycles. The van der Waals surface area contributed by atoms with E-state index in [-0.39, 0.29) is 11.9 Å². The number of benzene rings is 1. The monoisotopic (exact) mass is 243 g/mol. The standard InChI is InChI=1S/C13H19ClFN/c1-8(2)9(3)13(16)6-10-4-5-11(15)7-12(10)14/h4-5,7-9,13H,6,16H2,1-3H3. The number of hydrogen-bond donors (Lipinski definition) is 1. The molecule has 0 aliphatic heterocycles. The minimum Gasteiger partial charge on any atom is -0.327 e. The van der Waals surface area contributed by atoms with Crippen molar-refractivity contribution in [2.75, 3.05) is 0 Å². The summed E-state index contributed by atoms with van der Waals surface area (Å²) < 4.78 is 12.9. The van der Waals surface area contributed by atoms with Gasteiger partial charge >= 0.3 is 0 Å². The van der Waals surface area contributed by atoms with E-state index in [1.165, 1.54) is 12.1 Å². The summed E-state index contributed by atoms with van der Waals surface area (Å²) in [6.45, 7) is 6.43. The molecule has 3 heteroatoms. The van der Waals surface area contributed by atoms with E-state index in [1.54, 1.807) is 6.07 Å². The third-order valence-electron chi connectivity index (χ3n) is 3.20. The molecule has 1 rings (SSSR count). The van der Waals surface area contributed by atoms with Crippen LogP contribution in [0.25, 0.3) is 0 Å². The van der Waals surface area contributed by atoms with E-state index in [0.29, 0.717) is 23.3 Å². The molecule has 1 aromatic carbocycles. The van der Waals surface area contributed by atoms with E-state index in [2.05, 4.69) is 20.8 Å². The van der Waals surface area contributed by atoms with Crippen LogP contribution in [0.4, 0.5) is 4.39 Å². The molecule has 0 bridgehead atoms. The van der Waals surface area contributed by atoms with Crippen LogP contribution in [-0.2, 0) is 6.42 Å². The van der Waals surface area contributed by atoms with Crippen molar-refractivity contribution in [2.24, 2.45) is 17.6 Å². The highest BCUT2D eigenvalue weighted by Crippen LogP contribution is 2.22. The van der Waals surface area contributed by atoms with Gasteiger partial charge in [-0.15, -0.1) is 0 Å².